The number of Topliss-reactive ketones (excluding diaryl/α,β-unsaturated/α-hetero) is 1. The molecule has 7 heteroatoms. The molecule has 36 heavy (non-hydrogen) atoms. The van der Waals surface area contributed by atoms with Crippen LogP contribution in [0.4, 0.5) is 8.78 Å². The average Bonchev–Trinajstić information content (AvgIpc) is 3.45. The zero-order chi connectivity index (χ0) is 25.4. The smallest absolute Gasteiger partial charge is 0.252 e. The lowest BCUT2D eigenvalue weighted by atomic mass is 9.90. The normalized spacial score (nSPS) is 14.1. The van der Waals surface area contributed by atoms with Crippen LogP contribution in [0, 0.1) is 23.0 Å². The van der Waals surface area contributed by atoms with E-state index in [1.54, 1.807) is 24.4 Å². The van der Waals surface area contributed by atoms with Gasteiger partial charge in [-0.05, 0) is 52.9 Å². The van der Waals surface area contributed by atoms with Crippen LogP contribution in [0.2, 0.25) is 0 Å². The number of nitrogens with one attached hydrogen (secondary N) is 1. The topological polar surface area (TPSA) is 82.3 Å². The number of hydrogen-bond acceptors (Lipinski definition) is 4. The number of carbonyl (C=O) groups excluding carboxylic acids is 2. The zero-order valence-electron chi connectivity index (χ0n) is 19.5. The van der Waals surface area contributed by atoms with Crippen LogP contribution < -0.4 is 5.32 Å². The van der Waals surface area contributed by atoms with E-state index in [2.05, 4.69) is 10.3 Å². The predicted molar refractivity (Wildman–Crippen MR) is 131 cm³/mol. The Labute approximate surface area is 206 Å². The highest BCUT2D eigenvalue weighted by Crippen LogP contribution is 2.35. The number of nitrogens with zero attached hydrogens (tertiary/aromatic N) is 2. The summed E-state index contributed by atoms with van der Waals surface area (Å²) >= 11 is 0. The highest BCUT2D eigenvalue weighted by atomic mass is 19.1. The molecule has 0 saturated carbocycles. The van der Waals surface area contributed by atoms with Crippen molar-refractivity contribution < 1.29 is 18.4 Å². The molecular formula is C29H21F2N3O2. The number of allylic oxidation sites excluding steroid dienone is 1. The van der Waals surface area contributed by atoms with E-state index in [1.165, 1.54) is 24.3 Å². The Kier molecular flexibility index (Phi) is 6.03. The molecular weight excluding hydrogens is 460 g/mol. The van der Waals surface area contributed by atoms with Gasteiger partial charge in [0.15, 0.2) is 0 Å². The van der Waals surface area contributed by atoms with Gasteiger partial charge in [-0.1, -0.05) is 30.3 Å². The summed E-state index contributed by atoms with van der Waals surface area (Å²) in [5.41, 5.74) is 5.81. The quantitative estimate of drug-likeness (QED) is 0.526. The fourth-order valence-electron chi connectivity index (χ4n) is 4.71. The summed E-state index contributed by atoms with van der Waals surface area (Å²) in [5, 5.41) is 11.7. The maximum atomic E-state index is 15.2. The van der Waals surface area contributed by atoms with Crippen LogP contribution >= 0.6 is 0 Å². The van der Waals surface area contributed by atoms with E-state index in [4.69, 9.17) is 5.26 Å². The molecule has 2 aliphatic heterocycles. The lowest BCUT2D eigenvalue weighted by molar-refractivity contribution is -0.117. The Hall–Kier alpha value is -4.44. The number of benzene rings is 3. The third kappa shape index (κ3) is 4.34. The van der Waals surface area contributed by atoms with Gasteiger partial charge < -0.3 is 5.32 Å². The maximum Gasteiger partial charge on any atom is 0.252 e. The van der Waals surface area contributed by atoms with Gasteiger partial charge in [0.05, 0.1) is 16.8 Å². The van der Waals surface area contributed by atoms with Crippen molar-refractivity contribution in [1.29, 1.82) is 5.26 Å². The molecule has 178 valence electrons. The van der Waals surface area contributed by atoms with E-state index in [1.807, 2.05) is 19.1 Å². The fourth-order valence-corrected chi connectivity index (χ4v) is 4.71. The number of carbonyl (C=O) groups is 2. The van der Waals surface area contributed by atoms with Gasteiger partial charge in [0.2, 0.25) is 0 Å². The molecule has 0 bridgehead atoms. The van der Waals surface area contributed by atoms with Crippen LogP contribution in [0.3, 0.4) is 0 Å². The fraction of sp³-hybridized carbons (Fsp3) is 0.172. The SMILES string of the molecule is CC1=CN=C(c2ccc(-c3ccc(CC(=O)Cc4ccc(C#N)c(F)c4)cc3F)c3c2C(=O)NC3)C1. The molecule has 0 aromatic heterocycles. The molecule has 1 N–H and O–H groups in total. The number of halogens is 2. The van der Waals surface area contributed by atoms with Crippen LogP contribution in [-0.2, 0) is 24.2 Å². The first kappa shape index (κ1) is 23.3. The highest BCUT2D eigenvalue weighted by molar-refractivity contribution is 6.14. The maximum absolute atomic E-state index is 15.2. The van der Waals surface area contributed by atoms with Crippen molar-refractivity contribution in [2.24, 2.45) is 4.99 Å². The second-order valence-electron chi connectivity index (χ2n) is 9.06. The molecule has 5 rings (SSSR count). The molecule has 0 spiro atoms. The molecule has 0 saturated heterocycles. The summed E-state index contributed by atoms with van der Waals surface area (Å²) in [6.45, 7) is 2.29. The number of aliphatic imine (C=N–C) groups is 1. The molecule has 0 radical (unpaired) electrons. The van der Waals surface area contributed by atoms with Crippen molar-refractivity contribution in [3.05, 3.63) is 105 Å². The van der Waals surface area contributed by atoms with Gasteiger partial charge in [-0.3, -0.25) is 14.6 Å². The van der Waals surface area contributed by atoms with E-state index < -0.39 is 11.6 Å². The monoisotopic (exact) mass is 481 g/mol. The van der Waals surface area contributed by atoms with Crippen LogP contribution in [-0.4, -0.2) is 17.4 Å². The minimum Gasteiger partial charge on any atom is -0.348 e. The van der Waals surface area contributed by atoms with E-state index in [9.17, 15) is 14.0 Å². The first-order valence-electron chi connectivity index (χ1n) is 11.5. The summed E-state index contributed by atoms with van der Waals surface area (Å²) < 4.78 is 29.1. The average molecular weight is 482 g/mol. The lowest BCUT2D eigenvalue weighted by Gasteiger charge is -2.13. The minimum absolute atomic E-state index is 0.0118. The van der Waals surface area contributed by atoms with Gasteiger partial charge in [-0.2, -0.15) is 5.26 Å². The van der Waals surface area contributed by atoms with Crippen molar-refractivity contribution in [3.8, 4) is 17.2 Å². The molecule has 0 fully saturated rings. The van der Waals surface area contributed by atoms with Gasteiger partial charge in [0, 0.05) is 43.1 Å². The summed E-state index contributed by atoms with van der Waals surface area (Å²) in [6, 6.07) is 14.1. The number of fused-ring (bicyclic) bond motifs is 1. The number of rotatable bonds is 6. The van der Waals surface area contributed by atoms with Gasteiger partial charge >= 0.3 is 0 Å². The van der Waals surface area contributed by atoms with Gasteiger partial charge in [-0.15, -0.1) is 0 Å². The summed E-state index contributed by atoms with van der Waals surface area (Å²) in [4.78, 5) is 29.6. The second-order valence-corrected chi connectivity index (χ2v) is 9.06. The third-order valence-corrected chi connectivity index (χ3v) is 6.44. The third-order valence-electron chi connectivity index (χ3n) is 6.44. The standard InChI is InChI=1S/C29H21F2N3O2/c1-16-8-27(33-14-16)23-7-6-21(24-15-34-29(36)28(23)24)22-5-3-18(12-26(22)31)10-20(35)9-17-2-4-19(13-32)25(30)11-17/h2-7,11-12,14H,8-10,15H2,1H3,(H,34,36). The number of hydrogen-bond donors (Lipinski definition) is 1. The van der Waals surface area contributed by atoms with E-state index >= 15 is 4.39 Å². The molecule has 0 atom stereocenters. The van der Waals surface area contributed by atoms with Crippen molar-refractivity contribution in [2.75, 3.05) is 0 Å². The Morgan fingerprint density at radius 1 is 1.00 bits per heavy atom. The number of amides is 1. The van der Waals surface area contributed by atoms with Crippen LogP contribution in [0.1, 0.15) is 51.5 Å². The largest absolute Gasteiger partial charge is 0.348 e. The van der Waals surface area contributed by atoms with Crippen LogP contribution in [0.15, 0.2) is 65.3 Å². The predicted octanol–water partition coefficient (Wildman–Crippen LogP) is 5.20. The molecule has 3 aromatic rings. The minimum atomic E-state index is -0.670. The summed E-state index contributed by atoms with van der Waals surface area (Å²) in [6.07, 6.45) is 2.43. The molecule has 3 aromatic carbocycles. The van der Waals surface area contributed by atoms with Crippen molar-refractivity contribution in [1.82, 2.24) is 5.32 Å². The summed E-state index contributed by atoms with van der Waals surface area (Å²) in [7, 11) is 0. The van der Waals surface area contributed by atoms with Gasteiger partial charge in [-0.25, -0.2) is 8.78 Å². The Morgan fingerprint density at radius 2 is 1.67 bits per heavy atom. The van der Waals surface area contributed by atoms with E-state index in [0.29, 0.717) is 40.8 Å². The first-order chi connectivity index (χ1) is 17.3. The van der Waals surface area contributed by atoms with E-state index in [0.717, 1.165) is 22.4 Å². The van der Waals surface area contributed by atoms with Crippen LogP contribution in [0.5, 0.6) is 0 Å². The lowest BCUT2D eigenvalue weighted by Crippen LogP contribution is -2.15. The van der Waals surface area contributed by atoms with Gasteiger partial charge in [0.25, 0.3) is 5.91 Å². The van der Waals surface area contributed by atoms with E-state index in [-0.39, 0.29) is 30.1 Å². The van der Waals surface area contributed by atoms with Crippen molar-refractivity contribution in [3.63, 3.8) is 0 Å². The molecule has 0 unspecified atom stereocenters. The van der Waals surface area contributed by atoms with Gasteiger partial charge in [0.1, 0.15) is 23.5 Å². The molecule has 5 nitrogen and oxygen atoms in total. The van der Waals surface area contributed by atoms with Crippen LogP contribution in [0.25, 0.3) is 11.1 Å². The Balaban J connectivity index is 1.38. The second kappa shape index (κ2) is 9.31. The van der Waals surface area contributed by atoms with Crippen molar-refractivity contribution >= 4 is 17.4 Å². The first-order valence-corrected chi connectivity index (χ1v) is 11.5. The molecule has 2 aliphatic rings. The Morgan fingerprint density at radius 3 is 2.31 bits per heavy atom. The Bertz CT molecular complexity index is 1550. The highest BCUT2D eigenvalue weighted by Gasteiger charge is 2.29. The zero-order valence-corrected chi connectivity index (χ0v) is 19.5. The molecule has 0 aliphatic carbocycles. The molecule has 1 amide bonds. The van der Waals surface area contributed by atoms with Crippen molar-refractivity contribution in [2.45, 2.75) is 32.7 Å². The number of ketones is 1. The summed E-state index contributed by atoms with van der Waals surface area (Å²) in [5.74, 6) is -1.56. The molecule has 2 heterocycles. The number of nitriles is 1.